The first-order chi connectivity index (χ1) is 8.24. The van der Waals surface area contributed by atoms with Gasteiger partial charge in [-0.25, -0.2) is 0 Å². The Morgan fingerprint density at radius 2 is 2.06 bits per heavy atom. The molecule has 0 amide bonds. The van der Waals surface area contributed by atoms with Crippen LogP contribution in [0.1, 0.15) is 49.2 Å². The van der Waals surface area contributed by atoms with E-state index in [4.69, 9.17) is 4.74 Å². The number of rotatable bonds is 4. The molecule has 0 bridgehead atoms. The van der Waals surface area contributed by atoms with Crippen LogP contribution < -0.4 is 5.32 Å². The molecule has 1 N–H and O–H groups in total. The quantitative estimate of drug-likeness (QED) is 0.897. The molecule has 2 rings (SSSR count). The Labute approximate surface area is 107 Å². The van der Waals surface area contributed by atoms with Gasteiger partial charge in [-0.1, -0.05) is 18.3 Å². The molecule has 17 heavy (non-hydrogen) atoms. The van der Waals surface area contributed by atoms with E-state index in [-0.39, 0.29) is 0 Å². The highest BCUT2D eigenvalue weighted by molar-refractivity contribution is 7.05. The van der Waals surface area contributed by atoms with E-state index >= 15 is 0 Å². The lowest BCUT2D eigenvalue weighted by Gasteiger charge is -2.29. The summed E-state index contributed by atoms with van der Waals surface area (Å²) in [5, 5.41) is 7.72. The molecular formula is C12H21N3OS. The van der Waals surface area contributed by atoms with Crippen molar-refractivity contribution in [1.29, 1.82) is 0 Å². The van der Waals surface area contributed by atoms with Gasteiger partial charge in [0.25, 0.3) is 0 Å². The van der Waals surface area contributed by atoms with E-state index in [1.165, 1.54) is 16.4 Å². The summed E-state index contributed by atoms with van der Waals surface area (Å²) in [6, 6.07) is 0.385. The maximum atomic E-state index is 5.43. The second kappa shape index (κ2) is 5.89. The van der Waals surface area contributed by atoms with E-state index in [0.717, 1.165) is 31.7 Å². The molecule has 0 saturated carbocycles. The van der Waals surface area contributed by atoms with E-state index in [2.05, 4.69) is 28.8 Å². The van der Waals surface area contributed by atoms with Gasteiger partial charge in [-0.3, -0.25) is 0 Å². The Kier molecular flexibility index (Phi) is 4.48. The molecule has 0 radical (unpaired) electrons. The summed E-state index contributed by atoms with van der Waals surface area (Å²) >= 11 is 1.54. The van der Waals surface area contributed by atoms with Gasteiger partial charge in [0.15, 0.2) is 0 Å². The summed E-state index contributed by atoms with van der Waals surface area (Å²) in [6.07, 6.45) is 2.25. The largest absolute Gasteiger partial charge is 0.381 e. The van der Waals surface area contributed by atoms with Gasteiger partial charge < -0.3 is 10.1 Å². The lowest BCUT2D eigenvalue weighted by atomic mass is 9.89. The monoisotopic (exact) mass is 255 g/mol. The van der Waals surface area contributed by atoms with Crippen LogP contribution in [0.3, 0.4) is 0 Å². The Hall–Kier alpha value is -0.520. The third-order valence-corrected chi connectivity index (χ3v) is 4.24. The van der Waals surface area contributed by atoms with E-state index in [0.29, 0.717) is 17.9 Å². The van der Waals surface area contributed by atoms with Crippen molar-refractivity contribution >= 4 is 11.5 Å². The molecule has 1 unspecified atom stereocenters. The lowest BCUT2D eigenvalue weighted by Crippen LogP contribution is -2.30. The number of aromatic nitrogens is 2. The van der Waals surface area contributed by atoms with Crippen LogP contribution in [0, 0.1) is 5.92 Å². The standard InChI is InChI=1S/C12H21N3OS/c1-8(2)10-12(17-15-14-10)11(13-3)9-4-6-16-7-5-9/h8-9,11,13H,4-7H2,1-3H3. The van der Waals surface area contributed by atoms with Crippen LogP contribution in [0.15, 0.2) is 0 Å². The van der Waals surface area contributed by atoms with Gasteiger partial charge >= 0.3 is 0 Å². The van der Waals surface area contributed by atoms with Crippen molar-refractivity contribution in [2.24, 2.45) is 5.92 Å². The van der Waals surface area contributed by atoms with Crippen LogP contribution in [-0.4, -0.2) is 29.8 Å². The lowest BCUT2D eigenvalue weighted by molar-refractivity contribution is 0.0549. The van der Waals surface area contributed by atoms with E-state index in [1.807, 2.05) is 7.05 Å². The highest BCUT2D eigenvalue weighted by Crippen LogP contribution is 2.35. The maximum absolute atomic E-state index is 5.43. The molecule has 5 heteroatoms. The van der Waals surface area contributed by atoms with Gasteiger partial charge in [0.2, 0.25) is 0 Å². The summed E-state index contributed by atoms with van der Waals surface area (Å²) in [5.74, 6) is 1.09. The van der Waals surface area contributed by atoms with Crippen LogP contribution in [-0.2, 0) is 4.74 Å². The fraction of sp³-hybridized carbons (Fsp3) is 0.833. The van der Waals surface area contributed by atoms with Crippen LogP contribution in [0.4, 0.5) is 0 Å². The average Bonchev–Trinajstić information content (AvgIpc) is 2.81. The van der Waals surface area contributed by atoms with Crippen LogP contribution in [0.5, 0.6) is 0 Å². The maximum Gasteiger partial charge on any atom is 0.0829 e. The van der Waals surface area contributed by atoms with Crippen molar-refractivity contribution in [3.8, 4) is 0 Å². The van der Waals surface area contributed by atoms with Crippen LogP contribution >= 0.6 is 11.5 Å². The zero-order valence-electron chi connectivity index (χ0n) is 10.8. The summed E-state index contributed by atoms with van der Waals surface area (Å²) in [5.41, 5.74) is 1.15. The van der Waals surface area contributed by atoms with Gasteiger partial charge in [-0.2, -0.15) is 0 Å². The molecule has 1 aromatic rings. The molecule has 0 aromatic carbocycles. The topological polar surface area (TPSA) is 47.0 Å². The summed E-state index contributed by atoms with van der Waals surface area (Å²) < 4.78 is 9.56. The molecule has 96 valence electrons. The number of nitrogens with one attached hydrogen (secondary N) is 1. The zero-order valence-corrected chi connectivity index (χ0v) is 11.6. The van der Waals surface area contributed by atoms with Crippen molar-refractivity contribution in [3.63, 3.8) is 0 Å². The molecular weight excluding hydrogens is 234 g/mol. The Bertz CT molecular complexity index is 347. The fourth-order valence-electron chi connectivity index (χ4n) is 2.45. The number of hydrogen-bond donors (Lipinski definition) is 1. The van der Waals surface area contributed by atoms with E-state index in [1.54, 1.807) is 0 Å². The van der Waals surface area contributed by atoms with Crippen molar-refractivity contribution in [2.45, 2.75) is 38.6 Å². The van der Waals surface area contributed by atoms with Crippen molar-refractivity contribution in [2.75, 3.05) is 20.3 Å². The number of nitrogens with zero attached hydrogens (tertiary/aromatic N) is 2. The normalized spacial score (nSPS) is 19.8. The van der Waals surface area contributed by atoms with E-state index in [9.17, 15) is 0 Å². The minimum Gasteiger partial charge on any atom is -0.381 e. The minimum atomic E-state index is 0.385. The van der Waals surface area contributed by atoms with Gasteiger partial charge in [0.05, 0.1) is 10.6 Å². The van der Waals surface area contributed by atoms with Crippen LogP contribution in [0.2, 0.25) is 0 Å². The summed E-state index contributed by atoms with van der Waals surface area (Å²) in [6.45, 7) is 6.12. The smallest absolute Gasteiger partial charge is 0.0829 e. The molecule has 4 nitrogen and oxygen atoms in total. The molecule has 1 aromatic heterocycles. The van der Waals surface area contributed by atoms with Gasteiger partial charge in [0.1, 0.15) is 0 Å². The third kappa shape index (κ3) is 2.84. The van der Waals surface area contributed by atoms with Crippen molar-refractivity contribution in [1.82, 2.24) is 14.9 Å². The SMILES string of the molecule is CNC(c1snnc1C(C)C)C1CCOCC1. The van der Waals surface area contributed by atoms with Gasteiger partial charge in [0, 0.05) is 19.3 Å². The average molecular weight is 255 g/mol. The zero-order chi connectivity index (χ0) is 12.3. The Balaban J connectivity index is 2.18. The second-order valence-electron chi connectivity index (χ2n) is 4.89. The fourth-order valence-corrected chi connectivity index (χ4v) is 3.46. The van der Waals surface area contributed by atoms with Gasteiger partial charge in [-0.15, -0.1) is 5.10 Å². The first-order valence-electron chi connectivity index (χ1n) is 6.31. The first-order valence-corrected chi connectivity index (χ1v) is 7.08. The minimum absolute atomic E-state index is 0.385. The highest BCUT2D eigenvalue weighted by atomic mass is 32.1. The van der Waals surface area contributed by atoms with Gasteiger partial charge in [-0.05, 0) is 43.3 Å². The predicted molar refractivity (Wildman–Crippen MR) is 69.3 cm³/mol. The Morgan fingerprint density at radius 3 is 2.65 bits per heavy atom. The first kappa shape index (κ1) is 12.9. The highest BCUT2D eigenvalue weighted by Gasteiger charge is 2.28. The summed E-state index contributed by atoms with van der Waals surface area (Å²) in [4.78, 5) is 1.31. The second-order valence-corrected chi connectivity index (χ2v) is 5.68. The Morgan fingerprint density at radius 1 is 1.35 bits per heavy atom. The molecule has 1 aliphatic rings. The van der Waals surface area contributed by atoms with Crippen molar-refractivity contribution < 1.29 is 4.74 Å². The van der Waals surface area contributed by atoms with Crippen molar-refractivity contribution in [3.05, 3.63) is 10.6 Å². The summed E-state index contributed by atoms with van der Waals surface area (Å²) in [7, 11) is 2.03. The molecule has 1 saturated heterocycles. The molecule has 1 fully saturated rings. The third-order valence-electron chi connectivity index (χ3n) is 3.42. The number of hydrogen-bond acceptors (Lipinski definition) is 5. The number of ether oxygens (including phenoxy) is 1. The molecule has 0 aliphatic carbocycles. The van der Waals surface area contributed by atoms with Crippen LogP contribution in [0.25, 0.3) is 0 Å². The predicted octanol–water partition coefficient (Wildman–Crippen LogP) is 2.35. The molecule has 1 aliphatic heterocycles. The molecule has 2 heterocycles. The van der Waals surface area contributed by atoms with E-state index < -0.39 is 0 Å². The molecule has 0 spiro atoms. The molecule has 1 atom stereocenters.